The van der Waals surface area contributed by atoms with Crippen LogP contribution in [-0.4, -0.2) is 16.6 Å². The highest BCUT2D eigenvalue weighted by Crippen LogP contribution is 2.31. The summed E-state index contributed by atoms with van der Waals surface area (Å²) in [6, 6.07) is 8.41. The molecule has 0 radical (unpaired) electrons. The van der Waals surface area contributed by atoms with E-state index in [4.69, 9.17) is 0 Å². The molecule has 7 heteroatoms. The Hall–Kier alpha value is -2.02. The smallest absolute Gasteiger partial charge is 0.310 e. The van der Waals surface area contributed by atoms with E-state index in [2.05, 4.69) is 10.3 Å². The number of aryl methyl sites for hydroxylation is 1. The molecule has 0 aliphatic heterocycles. The number of pyridine rings is 1. The highest BCUT2D eigenvalue weighted by Gasteiger charge is 2.30. The number of anilines is 1. The Morgan fingerprint density at radius 1 is 1.27 bits per heavy atom. The normalized spacial score (nSPS) is 11.3. The lowest BCUT2D eigenvalue weighted by atomic mass is 10.2. The molecule has 116 valence electrons. The van der Waals surface area contributed by atoms with Crippen molar-refractivity contribution in [2.24, 2.45) is 0 Å². The van der Waals surface area contributed by atoms with Crippen LogP contribution in [0.15, 0.2) is 47.5 Å². The van der Waals surface area contributed by atoms with Crippen molar-refractivity contribution in [1.82, 2.24) is 4.98 Å². The van der Waals surface area contributed by atoms with Gasteiger partial charge in [-0.3, -0.25) is 4.79 Å². The van der Waals surface area contributed by atoms with Crippen molar-refractivity contribution in [2.45, 2.75) is 18.0 Å². The summed E-state index contributed by atoms with van der Waals surface area (Å²) in [6.45, 7) is 1.87. The van der Waals surface area contributed by atoms with Crippen molar-refractivity contribution < 1.29 is 18.0 Å². The first-order chi connectivity index (χ1) is 10.3. The Balaban J connectivity index is 1.94. The summed E-state index contributed by atoms with van der Waals surface area (Å²) in [5, 5.41) is 2.60. The highest BCUT2D eigenvalue weighted by molar-refractivity contribution is 8.00. The fraction of sp³-hybridized carbons (Fsp3) is 0.200. The molecule has 2 rings (SSSR count). The van der Waals surface area contributed by atoms with E-state index in [0.717, 1.165) is 29.5 Å². The van der Waals surface area contributed by atoms with Crippen LogP contribution in [0.3, 0.4) is 0 Å². The zero-order valence-corrected chi connectivity index (χ0v) is 12.5. The maximum Gasteiger partial charge on any atom is 0.416 e. The van der Waals surface area contributed by atoms with Crippen LogP contribution in [-0.2, 0) is 11.0 Å². The molecule has 1 aromatic carbocycles. The summed E-state index contributed by atoms with van der Waals surface area (Å²) in [7, 11) is 0. The van der Waals surface area contributed by atoms with Gasteiger partial charge in [0.1, 0.15) is 5.82 Å². The number of nitrogens with zero attached hydrogens (tertiary/aromatic N) is 1. The molecule has 1 amide bonds. The maximum atomic E-state index is 12.6. The first kappa shape index (κ1) is 16.4. The Labute approximate surface area is 129 Å². The standard InChI is InChI=1S/C15H13F3N2OS/c1-10-5-6-19-13(7-10)20-14(21)9-22-12-4-2-3-11(8-12)15(16,17)18/h2-8H,9H2,1H3,(H,19,20,21). The molecular weight excluding hydrogens is 313 g/mol. The number of aromatic nitrogens is 1. The van der Waals surface area contributed by atoms with Crippen LogP contribution in [0.25, 0.3) is 0 Å². The summed E-state index contributed by atoms with van der Waals surface area (Å²) in [5.74, 6) is 0.117. The molecule has 0 saturated heterocycles. The molecule has 1 N–H and O–H groups in total. The number of carbonyl (C=O) groups excluding carboxylic acids is 1. The van der Waals surface area contributed by atoms with Crippen LogP contribution < -0.4 is 5.32 Å². The Morgan fingerprint density at radius 3 is 2.73 bits per heavy atom. The van der Waals surface area contributed by atoms with Crippen LogP contribution in [0.2, 0.25) is 0 Å². The first-order valence-electron chi connectivity index (χ1n) is 6.37. The fourth-order valence-corrected chi connectivity index (χ4v) is 2.45. The molecule has 0 atom stereocenters. The molecule has 0 aliphatic carbocycles. The quantitative estimate of drug-likeness (QED) is 0.859. The number of thioether (sulfide) groups is 1. The van der Waals surface area contributed by atoms with E-state index in [1.54, 1.807) is 18.3 Å². The second kappa shape index (κ2) is 6.83. The molecule has 3 nitrogen and oxygen atoms in total. The van der Waals surface area contributed by atoms with Crippen LogP contribution in [0.5, 0.6) is 0 Å². The number of carbonyl (C=O) groups is 1. The van der Waals surface area contributed by atoms with E-state index < -0.39 is 11.7 Å². The van der Waals surface area contributed by atoms with E-state index in [1.165, 1.54) is 12.1 Å². The zero-order chi connectivity index (χ0) is 16.2. The van der Waals surface area contributed by atoms with Crippen molar-refractivity contribution in [2.75, 3.05) is 11.1 Å². The number of amides is 1. The number of hydrogen-bond donors (Lipinski definition) is 1. The topological polar surface area (TPSA) is 42.0 Å². The predicted octanol–water partition coefficient (Wildman–Crippen LogP) is 4.14. The molecule has 0 aliphatic rings. The molecule has 1 heterocycles. The molecule has 0 bridgehead atoms. The summed E-state index contributed by atoms with van der Waals surface area (Å²) < 4.78 is 37.8. The van der Waals surface area contributed by atoms with Crippen molar-refractivity contribution in [3.8, 4) is 0 Å². The number of halogens is 3. The minimum Gasteiger partial charge on any atom is -0.310 e. The van der Waals surface area contributed by atoms with Gasteiger partial charge in [-0.05, 0) is 42.8 Å². The van der Waals surface area contributed by atoms with E-state index in [-0.39, 0.29) is 11.7 Å². The molecule has 1 aromatic heterocycles. The van der Waals surface area contributed by atoms with Gasteiger partial charge in [-0.25, -0.2) is 4.98 Å². The fourth-order valence-electron chi connectivity index (χ4n) is 1.69. The van der Waals surface area contributed by atoms with E-state index in [9.17, 15) is 18.0 Å². The predicted molar refractivity (Wildman–Crippen MR) is 79.8 cm³/mol. The van der Waals surface area contributed by atoms with Crippen molar-refractivity contribution in [3.05, 3.63) is 53.7 Å². The van der Waals surface area contributed by atoms with Crippen molar-refractivity contribution in [1.29, 1.82) is 0 Å². The van der Waals surface area contributed by atoms with Gasteiger partial charge in [-0.2, -0.15) is 13.2 Å². The van der Waals surface area contributed by atoms with Crippen LogP contribution in [0.4, 0.5) is 19.0 Å². The highest BCUT2D eigenvalue weighted by atomic mass is 32.2. The van der Waals surface area contributed by atoms with Gasteiger partial charge in [0.05, 0.1) is 11.3 Å². The minimum absolute atomic E-state index is 0.0108. The third-order valence-corrected chi connectivity index (χ3v) is 3.71. The third-order valence-electron chi connectivity index (χ3n) is 2.71. The van der Waals surface area contributed by atoms with Gasteiger partial charge in [0.2, 0.25) is 5.91 Å². The molecule has 0 spiro atoms. The van der Waals surface area contributed by atoms with Crippen LogP contribution >= 0.6 is 11.8 Å². The van der Waals surface area contributed by atoms with Gasteiger partial charge in [0.25, 0.3) is 0 Å². The lowest BCUT2D eigenvalue weighted by Gasteiger charge is -2.08. The molecule has 22 heavy (non-hydrogen) atoms. The summed E-state index contributed by atoms with van der Waals surface area (Å²) >= 11 is 1.04. The van der Waals surface area contributed by atoms with Crippen molar-refractivity contribution in [3.63, 3.8) is 0 Å². The Kier molecular flexibility index (Phi) is 5.07. The largest absolute Gasteiger partial charge is 0.416 e. The number of nitrogens with one attached hydrogen (secondary N) is 1. The SMILES string of the molecule is Cc1ccnc(NC(=O)CSc2cccc(C(F)(F)F)c2)c1. The van der Waals surface area contributed by atoms with Gasteiger partial charge in [-0.15, -0.1) is 11.8 Å². The van der Waals surface area contributed by atoms with E-state index in [0.29, 0.717) is 10.7 Å². The first-order valence-corrected chi connectivity index (χ1v) is 7.36. The lowest BCUT2D eigenvalue weighted by molar-refractivity contribution is -0.137. The average molecular weight is 326 g/mol. The lowest BCUT2D eigenvalue weighted by Crippen LogP contribution is -2.15. The van der Waals surface area contributed by atoms with Gasteiger partial charge < -0.3 is 5.32 Å². The summed E-state index contributed by atoms with van der Waals surface area (Å²) in [6.07, 6.45) is -2.81. The summed E-state index contributed by atoms with van der Waals surface area (Å²) in [5.41, 5.74) is 0.231. The monoisotopic (exact) mass is 326 g/mol. The average Bonchev–Trinajstić information content (AvgIpc) is 2.45. The second-order valence-corrected chi connectivity index (χ2v) is 5.63. The Bertz CT molecular complexity index is 674. The zero-order valence-electron chi connectivity index (χ0n) is 11.6. The minimum atomic E-state index is -4.38. The Morgan fingerprint density at radius 2 is 2.05 bits per heavy atom. The van der Waals surface area contributed by atoms with Gasteiger partial charge in [-0.1, -0.05) is 6.07 Å². The third kappa shape index (κ3) is 4.77. The van der Waals surface area contributed by atoms with Gasteiger partial charge in [0.15, 0.2) is 0 Å². The summed E-state index contributed by atoms with van der Waals surface area (Å²) in [4.78, 5) is 16.2. The molecule has 0 fully saturated rings. The molecular formula is C15H13F3N2OS. The van der Waals surface area contributed by atoms with Crippen LogP contribution in [0.1, 0.15) is 11.1 Å². The van der Waals surface area contributed by atoms with Crippen molar-refractivity contribution >= 4 is 23.5 Å². The van der Waals surface area contributed by atoms with E-state index >= 15 is 0 Å². The number of benzene rings is 1. The van der Waals surface area contributed by atoms with E-state index in [1.807, 2.05) is 6.92 Å². The van der Waals surface area contributed by atoms with Crippen LogP contribution in [0, 0.1) is 6.92 Å². The van der Waals surface area contributed by atoms with Gasteiger partial charge in [0, 0.05) is 11.1 Å². The molecule has 2 aromatic rings. The van der Waals surface area contributed by atoms with Gasteiger partial charge >= 0.3 is 6.18 Å². The number of hydrogen-bond acceptors (Lipinski definition) is 3. The number of rotatable bonds is 4. The molecule has 0 unspecified atom stereocenters. The molecule has 0 saturated carbocycles. The maximum absolute atomic E-state index is 12.6. The number of alkyl halides is 3. The second-order valence-electron chi connectivity index (χ2n) is 4.58.